The first-order valence-corrected chi connectivity index (χ1v) is 7.29. The SMILES string of the molecule is CC(=O)Nc1nc(COC(=O)c2cnc(Cl)c(Cl)c2)cs1. The Morgan fingerprint density at radius 3 is 2.86 bits per heavy atom. The summed E-state index contributed by atoms with van der Waals surface area (Å²) in [4.78, 5) is 30.5. The summed E-state index contributed by atoms with van der Waals surface area (Å²) in [5.41, 5.74) is 0.729. The van der Waals surface area contributed by atoms with Crippen LogP contribution >= 0.6 is 34.5 Å². The normalized spacial score (nSPS) is 10.2. The standard InChI is InChI=1S/C12H9Cl2N3O3S/c1-6(18)16-12-17-8(5-21-12)4-20-11(19)7-2-9(13)10(14)15-3-7/h2-3,5H,4H2,1H3,(H,16,17,18). The molecule has 1 N–H and O–H groups in total. The second kappa shape index (κ2) is 6.84. The predicted molar refractivity (Wildman–Crippen MR) is 79.8 cm³/mol. The zero-order chi connectivity index (χ0) is 15.4. The molecule has 0 spiro atoms. The highest BCUT2D eigenvalue weighted by Gasteiger charge is 2.12. The molecule has 9 heteroatoms. The number of anilines is 1. The number of amides is 1. The number of carbonyl (C=O) groups excluding carboxylic acids is 2. The third kappa shape index (κ3) is 4.38. The van der Waals surface area contributed by atoms with Crippen molar-refractivity contribution in [1.29, 1.82) is 0 Å². The smallest absolute Gasteiger partial charge is 0.340 e. The number of aromatic nitrogens is 2. The number of hydrogen-bond donors (Lipinski definition) is 1. The number of pyridine rings is 1. The summed E-state index contributed by atoms with van der Waals surface area (Å²) < 4.78 is 5.08. The molecule has 0 saturated carbocycles. The molecule has 21 heavy (non-hydrogen) atoms. The summed E-state index contributed by atoms with van der Waals surface area (Å²) >= 11 is 12.7. The first kappa shape index (κ1) is 15.7. The van der Waals surface area contributed by atoms with Crippen LogP contribution in [0.5, 0.6) is 0 Å². The van der Waals surface area contributed by atoms with E-state index in [9.17, 15) is 9.59 Å². The number of rotatable bonds is 4. The minimum absolute atomic E-state index is 0.0187. The maximum atomic E-state index is 11.8. The largest absolute Gasteiger partial charge is 0.456 e. The van der Waals surface area contributed by atoms with Crippen LogP contribution in [0, 0.1) is 0 Å². The lowest BCUT2D eigenvalue weighted by molar-refractivity contribution is -0.114. The Balaban J connectivity index is 1.95. The van der Waals surface area contributed by atoms with Crippen LogP contribution in [0.3, 0.4) is 0 Å². The van der Waals surface area contributed by atoms with E-state index in [1.165, 1.54) is 30.5 Å². The van der Waals surface area contributed by atoms with Gasteiger partial charge in [-0.25, -0.2) is 14.8 Å². The fraction of sp³-hybridized carbons (Fsp3) is 0.167. The van der Waals surface area contributed by atoms with Gasteiger partial charge in [-0.05, 0) is 6.07 Å². The van der Waals surface area contributed by atoms with Crippen LogP contribution in [0.15, 0.2) is 17.6 Å². The zero-order valence-electron chi connectivity index (χ0n) is 10.7. The minimum atomic E-state index is -0.588. The van der Waals surface area contributed by atoms with Gasteiger partial charge in [0.05, 0.1) is 16.3 Å². The van der Waals surface area contributed by atoms with Crippen LogP contribution in [-0.4, -0.2) is 21.8 Å². The van der Waals surface area contributed by atoms with Crippen molar-refractivity contribution in [1.82, 2.24) is 9.97 Å². The summed E-state index contributed by atoms with van der Waals surface area (Å²) in [5.74, 6) is -0.801. The van der Waals surface area contributed by atoms with Crippen LogP contribution in [0.25, 0.3) is 0 Å². The Labute approximate surface area is 134 Å². The van der Waals surface area contributed by atoms with Crippen molar-refractivity contribution >= 4 is 51.5 Å². The van der Waals surface area contributed by atoms with Gasteiger partial charge in [0, 0.05) is 18.5 Å². The number of nitrogens with zero attached hydrogens (tertiary/aromatic N) is 2. The molecule has 2 heterocycles. The van der Waals surface area contributed by atoms with Crippen LogP contribution in [-0.2, 0) is 16.1 Å². The second-order valence-corrected chi connectivity index (χ2v) is 5.52. The molecule has 1 amide bonds. The summed E-state index contributed by atoms with van der Waals surface area (Å²) in [6.45, 7) is 1.37. The predicted octanol–water partition coefficient (Wildman–Crippen LogP) is 3.16. The van der Waals surface area contributed by atoms with Crippen LogP contribution in [0.2, 0.25) is 10.2 Å². The quantitative estimate of drug-likeness (QED) is 0.679. The van der Waals surface area contributed by atoms with E-state index in [2.05, 4.69) is 15.3 Å². The Morgan fingerprint density at radius 2 is 2.19 bits per heavy atom. The molecule has 0 atom stereocenters. The van der Waals surface area contributed by atoms with E-state index < -0.39 is 5.97 Å². The van der Waals surface area contributed by atoms with Crippen molar-refractivity contribution in [2.24, 2.45) is 0 Å². The maximum Gasteiger partial charge on any atom is 0.340 e. The Hall–Kier alpha value is -1.70. The first-order valence-electron chi connectivity index (χ1n) is 5.66. The number of halogens is 2. The first-order chi connectivity index (χ1) is 9.95. The number of nitrogens with one attached hydrogen (secondary N) is 1. The van der Waals surface area contributed by atoms with Crippen molar-refractivity contribution in [2.75, 3.05) is 5.32 Å². The number of esters is 1. The van der Waals surface area contributed by atoms with Gasteiger partial charge in [0.2, 0.25) is 5.91 Å². The molecule has 0 aliphatic heterocycles. The van der Waals surface area contributed by atoms with Crippen molar-refractivity contribution in [3.05, 3.63) is 39.1 Å². The molecule has 0 aliphatic carbocycles. The van der Waals surface area contributed by atoms with Crippen LogP contribution in [0.4, 0.5) is 5.13 Å². The van der Waals surface area contributed by atoms with Crippen LogP contribution in [0.1, 0.15) is 23.0 Å². The molecule has 0 fully saturated rings. The van der Waals surface area contributed by atoms with Gasteiger partial charge in [0.25, 0.3) is 0 Å². The van der Waals surface area contributed by atoms with Gasteiger partial charge >= 0.3 is 5.97 Å². The van der Waals surface area contributed by atoms with Crippen molar-refractivity contribution in [2.45, 2.75) is 13.5 Å². The van der Waals surface area contributed by atoms with Crippen molar-refractivity contribution < 1.29 is 14.3 Å². The molecular weight excluding hydrogens is 337 g/mol. The van der Waals surface area contributed by atoms with Crippen molar-refractivity contribution in [3.8, 4) is 0 Å². The van der Waals surface area contributed by atoms with Gasteiger partial charge < -0.3 is 10.1 Å². The lowest BCUT2D eigenvalue weighted by atomic mass is 10.3. The van der Waals surface area contributed by atoms with E-state index >= 15 is 0 Å². The highest BCUT2D eigenvalue weighted by Crippen LogP contribution is 2.21. The van der Waals surface area contributed by atoms with Gasteiger partial charge in [-0.2, -0.15) is 0 Å². The molecule has 2 rings (SSSR count). The van der Waals surface area contributed by atoms with E-state index in [1.54, 1.807) is 5.38 Å². The number of ether oxygens (including phenoxy) is 1. The molecular formula is C12H9Cl2N3O3S. The highest BCUT2D eigenvalue weighted by atomic mass is 35.5. The molecule has 0 bridgehead atoms. The molecule has 2 aromatic heterocycles. The van der Waals surface area contributed by atoms with Crippen LogP contribution < -0.4 is 5.32 Å². The number of carbonyl (C=O) groups is 2. The van der Waals surface area contributed by atoms with E-state index in [4.69, 9.17) is 27.9 Å². The average molecular weight is 346 g/mol. The summed E-state index contributed by atoms with van der Waals surface area (Å²) in [7, 11) is 0. The third-order valence-corrected chi connectivity index (χ3v) is 3.71. The molecule has 0 saturated heterocycles. The molecule has 0 aromatic carbocycles. The highest BCUT2D eigenvalue weighted by molar-refractivity contribution is 7.13. The van der Waals surface area contributed by atoms with Gasteiger partial charge in [-0.1, -0.05) is 23.2 Å². The minimum Gasteiger partial charge on any atom is -0.456 e. The summed E-state index contributed by atoms with van der Waals surface area (Å²) in [6, 6.07) is 1.38. The average Bonchev–Trinajstić information content (AvgIpc) is 2.86. The van der Waals surface area contributed by atoms with Gasteiger partial charge in [-0.3, -0.25) is 4.79 Å². The van der Waals surface area contributed by atoms with Gasteiger partial charge in [0.15, 0.2) is 5.13 Å². The van der Waals surface area contributed by atoms with Crippen molar-refractivity contribution in [3.63, 3.8) is 0 Å². The van der Waals surface area contributed by atoms with E-state index in [-0.39, 0.29) is 28.3 Å². The topological polar surface area (TPSA) is 81.2 Å². The monoisotopic (exact) mass is 345 g/mol. The molecule has 0 aliphatic rings. The zero-order valence-corrected chi connectivity index (χ0v) is 13.1. The van der Waals surface area contributed by atoms with E-state index in [0.29, 0.717) is 10.8 Å². The summed E-state index contributed by atoms with van der Waals surface area (Å²) in [5, 5.41) is 4.97. The Kier molecular flexibility index (Phi) is 5.11. The lowest BCUT2D eigenvalue weighted by Gasteiger charge is -2.03. The number of hydrogen-bond acceptors (Lipinski definition) is 6. The fourth-order valence-corrected chi connectivity index (χ4v) is 2.35. The molecule has 6 nitrogen and oxygen atoms in total. The van der Waals surface area contributed by atoms with E-state index in [0.717, 1.165) is 0 Å². The maximum absolute atomic E-state index is 11.8. The molecule has 0 unspecified atom stereocenters. The molecule has 2 aromatic rings. The van der Waals surface area contributed by atoms with Gasteiger partial charge in [0.1, 0.15) is 11.8 Å². The van der Waals surface area contributed by atoms with Gasteiger partial charge in [-0.15, -0.1) is 11.3 Å². The molecule has 0 radical (unpaired) electrons. The fourth-order valence-electron chi connectivity index (χ4n) is 1.34. The summed E-state index contributed by atoms with van der Waals surface area (Å²) in [6.07, 6.45) is 1.28. The second-order valence-electron chi connectivity index (χ2n) is 3.90. The third-order valence-electron chi connectivity index (χ3n) is 2.22. The lowest BCUT2D eigenvalue weighted by Crippen LogP contribution is -2.07. The number of thiazole rings is 1. The Bertz CT molecular complexity index is 690. The Morgan fingerprint density at radius 1 is 1.43 bits per heavy atom. The van der Waals surface area contributed by atoms with E-state index in [1.807, 2.05) is 0 Å². The molecule has 110 valence electrons.